The van der Waals surface area contributed by atoms with Crippen molar-refractivity contribution in [2.45, 2.75) is 45.6 Å². The molecule has 1 N–H and O–H groups in total. The molecule has 2 rings (SSSR count). The zero-order valence-electron chi connectivity index (χ0n) is 13.9. The van der Waals surface area contributed by atoms with E-state index in [1.54, 1.807) is 19.1 Å². The average molecular weight is 319 g/mol. The lowest BCUT2D eigenvalue weighted by molar-refractivity contribution is -0.385. The van der Waals surface area contributed by atoms with E-state index >= 15 is 0 Å². The maximum Gasteiger partial charge on any atom is 0.282 e. The second-order valence-corrected chi connectivity index (χ2v) is 6.32. The lowest BCUT2D eigenvalue weighted by Gasteiger charge is -2.24. The van der Waals surface area contributed by atoms with Crippen LogP contribution in [-0.2, 0) is 0 Å². The van der Waals surface area contributed by atoms with Crippen LogP contribution in [0.25, 0.3) is 0 Å². The average Bonchev–Trinajstić information content (AvgIpc) is 2.75. The van der Waals surface area contributed by atoms with Gasteiger partial charge < -0.3 is 10.2 Å². The number of hydrogen-bond acceptors (Lipinski definition) is 4. The number of likely N-dealkylation sites (tertiary alicyclic amines) is 1. The van der Waals surface area contributed by atoms with Gasteiger partial charge in [-0.1, -0.05) is 25.0 Å². The van der Waals surface area contributed by atoms with Crippen LogP contribution in [0, 0.1) is 17.0 Å². The molecule has 0 aromatic heterocycles. The molecule has 0 spiro atoms. The minimum Gasteiger partial charge on any atom is -0.348 e. The highest BCUT2D eigenvalue weighted by molar-refractivity contribution is 5.99. The molecule has 126 valence electrons. The Labute approximate surface area is 137 Å². The number of hydrogen-bond donors (Lipinski definition) is 1. The number of carbonyl (C=O) groups is 1. The summed E-state index contributed by atoms with van der Waals surface area (Å²) < 4.78 is 0. The van der Waals surface area contributed by atoms with Crippen molar-refractivity contribution in [3.63, 3.8) is 0 Å². The van der Waals surface area contributed by atoms with E-state index in [9.17, 15) is 14.9 Å². The minimum atomic E-state index is -0.499. The van der Waals surface area contributed by atoms with Gasteiger partial charge in [0.05, 0.1) is 4.92 Å². The Morgan fingerprint density at radius 3 is 2.57 bits per heavy atom. The highest BCUT2D eigenvalue weighted by Crippen LogP contribution is 2.21. The van der Waals surface area contributed by atoms with Gasteiger partial charge in [0.1, 0.15) is 5.56 Å². The van der Waals surface area contributed by atoms with Gasteiger partial charge in [0.2, 0.25) is 0 Å². The molecule has 1 aromatic rings. The molecule has 6 heteroatoms. The first-order valence-electron chi connectivity index (χ1n) is 8.26. The van der Waals surface area contributed by atoms with Crippen LogP contribution in [0.15, 0.2) is 18.2 Å². The standard InChI is InChI=1S/C17H25N3O3/c1-13-8-7-9-15(20(22)23)16(13)17(21)18-14(2)12-19-10-5-3-4-6-11-19/h7-9,14H,3-6,10-12H2,1-2H3,(H,18,21). The Hall–Kier alpha value is -1.95. The van der Waals surface area contributed by atoms with Gasteiger partial charge in [0, 0.05) is 18.7 Å². The quantitative estimate of drug-likeness (QED) is 0.669. The van der Waals surface area contributed by atoms with Crippen molar-refractivity contribution in [1.29, 1.82) is 0 Å². The van der Waals surface area contributed by atoms with E-state index in [-0.39, 0.29) is 23.2 Å². The number of benzene rings is 1. The first-order chi connectivity index (χ1) is 11.0. The number of rotatable bonds is 5. The summed E-state index contributed by atoms with van der Waals surface area (Å²) in [6, 6.07) is 4.66. The van der Waals surface area contributed by atoms with Gasteiger partial charge >= 0.3 is 0 Å². The van der Waals surface area contributed by atoms with Gasteiger partial charge in [-0.05, 0) is 45.3 Å². The predicted octanol–water partition coefficient (Wildman–Crippen LogP) is 2.90. The molecule has 1 fully saturated rings. The molecule has 23 heavy (non-hydrogen) atoms. The summed E-state index contributed by atoms with van der Waals surface area (Å²) in [5.74, 6) is -0.364. The fraction of sp³-hybridized carbons (Fsp3) is 0.588. The van der Waals surface area contributed by atoms with Crippen molar-refractivity contribution < 1.29 is 9.72 Å². The van der Waals surface area contributed by atoms with Gasteiger partial charge in [0.15, 0.2) is 0 Å². The van der Waals surface area contributed by atoms with Crippen LogP contribution in [0.5, 0.6) is 0 Å². The van der Waals surface area contributed by atoms with Crippen LogP contribution < -0.4 is 5.32 Å². The van der Waals surface area contributed by atoms with E-state index in [0.29, 0.717) is 5.56 Å². The van der Waals surface area contributed by atoms with Crippen LogP contribution in [0.3, 0.4) is 0 Å². The Bertz CT molecular complexity index is 566. The van der Waals surface area contributed by atoms with Crippen molar-refractivity contribution in [3.8, 4) is 0 Å². The molecule has 0 radical (unpaired) electrons. The Kier molecular flexibility index (Phi) is 6.10. The number of aryl methyl sites for hydroxylation is 1. The van der Waals surface area contributed by atoms with Crippen LogP contribution in [0.2, 0.25) is 0 Å². The van der Waals surface area contributed by atoms with Crippen molar-refractivity contribution in [2.75, 3.05) is 19.6 Å². The number of carbonyl (C=O) groups excluding carboxylic acids is 1. The van der Waals surface area contributed by atoms with Crippen molar-refractivity contribution in [3.05, 3.63) is 39.4 Å². The lowest BCUT2D eigenvalue weighted by atomic mass is 10.1. The molecule has 0 saturated carbocycles. The van der Waals surface area contributed by atoms with Crippen LogP contribution in [0.4, 0.5) is 5.69 Å². The smallest absolute Gasteiger partial charge is 0.282 e. The molecule has 1 aromatic carbocycles. The number of nitro groups is 1. The molecule has 1 unspecified atom stereocenters. The van der Waals surface area contributed by atoms with Crippen molar-refractivity contribution in [1.82, 2.24) is 10.2 Å². The second kappa shape index (κ2) is 8.06. The Morgan fingerprint density at radius 2 is 1.96 bits per heavy atom. The first-order valence-corrected chi connectivity index (χ1v) is 8.26. The van der Waals surface area contributed by atoms with Gasteiger partial charge in [-0.3, -0.25) is 14.9 Å². The van der Waals surface area contributed by atoms with E-state index < -0.39 is 4.92 Å². The molecule has 0 aliphatic carbocycles. The molecule has 1 aliphatic heterocycles. The summed E-state index contributed by atoms with van der Waals surface area (Å²) in [4.78, 5) is 25.5. The maximum absolute atomic E-state index is 12.5. The molecule has 1 heterocycles. The van der Waals surface area contributed by atoms with Gasteiger partial charge in [0.25, 0.3) is 11.6 Å². The maximum atomic E-state index is 12.5. The Morgan fingerprint density at radius 1 is 1.30 bits per heavy atom. The normalized spacial score (nSPS) is 17.3. The zero-order chi connectivity index (χ0) is 16.8. The minimum absolute atomic E-state index is 0.0418. The third kappa shape index (κ3) is 4.76. The third-order valence-electron chi connectivity index (χ3n) is 4.28. The van der Waals surface area contributed by atoms with Gasteiger partial charge in [-0.2, -0.15) is 0 Å². The van der Waals surface area contributed by atoms with E-state index in [0.717, 1.165) is 19.6 Å². The monoisotopic (exact) mass is 319 g/mol. The molecule has 1 atom stereocenters. The van der Waals surface area contributed by atoms with Crippen molar-refractivity contribution in [2.24, 2.45) is 0 Å². The van der Waals surface area contributed by atoms with Crippen molar-refractivity contribution >= 4 is 11.6 Å². The van der Waals surface area contributed by atoms with E-state index in [1.807, 2.05) is 6.92 Å². The second-order valence-electron chi connectivity index (χ2n) is 6.32. The summed E-state index contributed by atoms with van der Waals surface area (Å²) >= 11 is 0. The summed E-state index contributed by atoms with van der Waals surface area (Å²) in [5, 5.41) is 14.1. The first kappa shape index (κ1) is 17.4. The summed E-state index contributed by atoms with van der Waals surface area (Å²) in [5.41, 5.74) is 0.656. The van der Waals surface area contributed by atoms with Crippen LogP contribution in [0.1, 0.15) is 48.5 Å². The summed E-state index contributed by atoms with van der Waals surface area (Å²) in [6.45, 7) is 6.58. The Balaban J connectivity index is 2.02. The number of nitrogens with zero attached hydrogens (tertiary/aromatic N) is 2. The summed E-state index contributed by atoms with van der Waals surface area (Å²) in [6.07, 6.45) is 4.94. The number of amides is 1. The SMILES string of the molecule is Cc1cccc([N+](=O)[O-])c1C(=O)NC(C)CN1CCCCCC1. The highest BCUT2D eigenvalue weighted by Gasteiger charge is 2.23. The largest absolute Gasteiger partial charge is 0.348 e. The third-order valence-corrected chi connectivity index (χ3v) is 4.28. The number of nitro benzene ring substituents is 1. The molecule has 6 nitrogen and oxygen atoms in total. The molecular weight excluding hydrogens is 294 g/mol. The molecule has 1 aliphatic rings. The topological polar surface area (TPSA) is 75.5 Å². The lowest BCUT2D eigenvalue weighted by Crippen LogP contribution is -2.42. The van der Waals surface area contributed by atoms with E-state index in [4.69, 9.17) is 0 Å². The fourth-order valence-electron chi connectivity index (χ4n) is 3.15. The number of nitrogens with one attached hydrogen (secondary N) is 1. The van der Waals surface area contributed by atoms with Gasteiger partial charge in [-0.15, -0.1) is 0 Å². The van der Waals surface area contributed by atoms with Gasteiger partial charge in [-0.25, -0.2) is 0 Å². The predicted molar refractivity (Wildman–Crippen MR) is 89.7 cm³/mol. The molecule has 0 bridgehead atoms. The van der Waals surface area contributed by atoms with E-state index in [1.165, 1.54) is 31.7 Å². The molecule has 1 amide bonds. The van der Waals surface area contributed by atoms with Crippen LogP contribution >= 0.6 is 0 Å². The van der Waals surface area contributed by atoms with E-state index in [2.05, 4.69) is 10.2 Å². The fourth-order valence-corrected chi connectivity index (χ4v) is 3.15. The van der Waals surface area contributed by atoms with Crippen LogP contribution in [-0.4, -0.2) is 41.4 Å². The zero-order valence-corrected chi connectivity index (χ0v) is 13.9. The molecule has 1 saturated heterocycles. The molecular formula is C17H25N3O3. The summed E-state index contributed by atoms with van der Waals surface area (Å²) in [7, 11) is 0. The highest BCUT2D eigenvalue weighted by atomic mass is 16.6.